The van der Waals surface area contributed by atoms with Crippen LogP contribution in [-0.4, -0.2) is 35.2 Å². The van der Waals surface area contributed by atoms with Crippen LogP contribution in [0.3, 0.4) is 0 Å². The number of halogens is 1. The number of nitrogens with one attached hydrogen (secondary N) is 1. The lowest BCUT2D eigenvalue weighted by atomic mass is 9.95. The first-order valence-corrected chi connectivity index (χ1v) is 14.1. The number of phenols is 1. The van der Waals surface area contributed by atoms with Crippen LogP contribution >= 0.6 is 15.9 Å². The van der Waals surface area contributed by atoms with Gasteiger partial charge < -0.3 is 10.4 Å². The largest absolute Gasteiger partial charge is 0.508 e. The van der Waals surface area contributed by atoms with Crippen LogP contribution in [0.4, 0.5) is 5.82 Å². The number of aromatic hydroxyl groups is 1. The van der Waals surface area contributed by atoms with Crippen LogP contribution in [0.15, 0.2) is 70.4 Å². The minimum atomic E-state index is -0.999. The average Bonchev–Trinajstić information content (AvgIpc) is 3.25. The van der Waals surface area contributed by atoms with E-state index in [0.29, 0.717) is 17.4 Å². The molecule has 0 saturated heterocycles. The Kier molecular flexibility index (Phi) is 10.2. The molecule has 0 aliphatic heterocycles. The van der Waals surface area contributed by atoms with Gasteiger partial charge in [0.2, 0.25) is 0 Å². The van der Waals surface area contributed by atoms with Crippen LogP contribution in [0.5, 0.6) is 5.75 Å². The first-order valence-electron chi connectivity index (χ1n) is 11.7. The molecule has 0 aliphatic carbocycles. The van der Waals surface area contributed by atoms with Crippen LogP contribution < -0.4 is 5.32 Å². The van der Waals surface area contributed by atoms with Gasteiger partial charge in [0.05, 0.1) is 10.7 Å². The lowest BCUT2D eigenvalue weighted by molar-refractivity contribution is 0.473. The fourth-order valence-electron chi connectivity index (χ4n) is 3.66. The molecule has 0 bridgehead atoms. The molecule has 0 saturated carbocycles. The summed E-state index contributed by atoms with van der Waals surface area (Å²) in [5.74, 6) is 1.60. The van der Waals surface area contributed by atoms with Gasteiger partial charge in [-0.05, 0) is 58.6 Å². The maximum Gasteiger partial charge on any atom is 0.171 e. The van der Waals surface area contributed by atoms with Crippen molar-refractivity contribution < 1.29 is 9.32 Å². The molecule has 35 heavy (non-hydrogen) atoms. The summed E-state index contributed by atoms with van der Waals surface area (Å²) in [5, 5.41) is 16.9. The van der Waals surface area contributed by atoms with Gasteiger partial charge in [0, 0.05) is 58.6 Å². The van der Waals surface area contributed by atoms with Gasteiger partial charge in [-0.25, -0.2) is 4.98 Å². The van der Waals surface area contributed by atoms with Crippen LogP contribution in [0.25, 0.3) is 5.65 Å². The second-order valence-electron chi connectivity index (χ2n) is 8.21. The Balaban J connectivity index is 0.000000287. The van der Waals surface area contributed by atoms with Crippen molar-refractivity contribution in [2.75, 3.05) is 11.6 Å². The molecule has 0 fully saturated rings. The molecule has 4 rings (SSSR count). The fraction of sp³-hybridized carbons (Fsp3) is 0.346. The van der Waals surface area contributed by atoms with Gasteiger partial charge in [-0.15, -0.1) is 0 Å². The van der Waals surface area contributed by atoms with E-state index in [0.717, 1.165) is 33.6 Å². The Morgan fingerprint density at radius 2 is 2.00 bits per heavy atom. The summed E-state index contributed by atoms with van der Waals surface area (Å²) in [4.78, 5) is 9.70. The minimum absolute atomic E-state index is 0.160. The molecule has 3 aromatic heterocycles. The zero-order valence-electron chi connectivity index (χ0n) is 20.3. The highest BCUT2D eigenvalue weighted by Gasteiger charge is 2.16. The molecular weight excluding hydrogens is 526 g/mol. The van der Waals surface area contributed by atoms with Gasteiger partial charge in [-0.2, -0.15) is 9.61 Å². The molecule has 2 atom stereocenters. The average molecular weight is 559 g/mol. The second kappa shape index (κ2) is 13.3. The van der Waals surface area contributed by atoms with Crippen molar-refractivity contribution in [1.29, 1.82) is 0 Å². The quantitative estimate of drug-likeness (QED) is 0.250. The van der Waals surface area contributed by atoms with Crippen molar-refractivity contribution in [2.45, 2.75) is 56.9 Å². The number of fused-ring (bicyclic) bond motifs is 1. The predicted molar refractivity (Wildman–Crippen MR) is 145 cm³/mol. The van der Waals surface area contributed by atoms with E-state index in [4.69, 9.17) is 10.1 Å². The van der Waals surface area contributed by atoms with Gasteiger partial charge in [-0.1, -0.05) is 38.8 Å². The number of hydrogen-bond donors (Lipinski definition) is 2. The standard InChI is InChI=1S/C19H24BrN5.C7H8O2S/c1-3-5-8-15(4-2)17-10-18(22-12-14-7-6-9-21-11-14)25-19(24-17)16(20)13-23-25;1-10(9)7-4-2-3-6(8)5-7/h6-7,9-11,13,15,22H,3-5,8,12H2,1-2H3;2-5,8H,1H3. The Hall–Kier alpha value is -2.78. The summed E-state index contributed by atoms with van der Waals surface area (Å²) in [7, 11) is -0.999. The molecule has 2 N–H and O–H groups in total. The van der Waals surface area contributed by atoms with Crippen molar-refractivity contribution in [1.82, 2.24) is 19.6 Å². The number of anilines is 1. The van der Waals surface area contributed by atoms with Gasteiger partial charge in [0.15, 0.2) is 5.65 Å². The van der Waals surface area contributed by atoms with E-state index in [2.05, 4.69) is 57.3 Å². The third-order valence-electron chi connectivity index (χ3n) is 5.61. The number of phenolic OH excluding ortho intramolecular Hbond substituents is 1. The van der Waals surface area contributed by atoms with Crippen molar-refractivity contribution in [3.63, 3.8) is 0 Å². The Morgan fingerprint density at radius 1 is 1.17 bits per heavy atom. The first kappa shape index (κ1) is 26.8. The molecule has 0 radical (unpaired) electrons. The number of rotatable bonds is 9. The van der Waals surface area contributed by atoms with Gasteiger partial charge in [-0.3, -0.25) is 9.19 Å². The molecule has 2 unspecified atom stereocenters. The zero-order valence-corrected chi connectivity index (χ0v) is 22.7. The number of pyridine rings is 1. The SMILES string of the molecule is CCCCC(CC)c1cc(NCc2cccnc2)n2ncc(Br)c2n1.CS(=O)c1cccc(O)c1. The number of aromatic nitrogens is 4. The molecule has 7 nitrogen and oxygen atoms in total. The summed E-state index contributed by atoms with van der Waals surface area (Å²) < 4.78 is 13.6. The molecule has 186 valence electrons. The maximum atomic E-state index is 10.8. The summed E-state index contributed by atoms with van der Waals surface area (Å²) >= 11 is 3.57. The summed E-state index contributed by atoms with van der Waals surface area (Å²) in [5.41, 5.74) is 3.14. The lowest BCUT2D eigenvalue weighted by Gasteiger charge is -2.17. The fourth-order valence-corrected chi connectivity index (χ4v) is 4.56. The van der Waals surface area contributed by atoms with Crippen molar-refractivity contribution >= 4 is 38.2 Å². The first-order chi connectivity index (χ1) is 16.9. The number of nitrogens with zero attached hydrogens (tertiary/aromatic N) is 4. The highest BCUT2D eigenvalue weighted by atomic mass is 79.9. The normalized spacial score (nSPS) is 12.6. The van der Waals surface area contributed by atoms with Gasteiger partial charge in [0.25, 0.3) is 0 Å². The topological polar surface area (TPSA) is 92.4 Å². The highest BCUT2D eigenvalue weighted by molar-refractivity contribution is 9.10. The van der Waals surface area contributed by atoms with E-state index in [9.17, 15) is 4.21 Å². The van der Waals surface area contributed by atoms with Crippen LogP contribution in [0.1, 0.15) is 56.7 Å². The van der Waals surface area contributed by atoms with E-state index in [-0.39, 0.29) is 5.75 Å². The maximum absolute atomic E-state index is 10.8. The highest BCUT2D eigenvalue weighted by Crippen LogP contribution is 2.29. The Bertz CT molecular complexity index is 1250. The Morgan fingerprint density at radius 3 is 2.63 bits per heavy atom. The molecule has 4 aromatic rings. The molecular formula is C26H32BrN5O2S. The van der Waals surface area contributed by atoms with Gasteiger partial charge >= 0.3 is 0 Å². The van der Waals surface area contributed by atoms with E-state index in [1.165, 1.54) is 25.3 Å². The second-order valence-corrected chi connectivity index (χ2v) is 10.4. The molecule has 0 amide bonds. The number of unbranched alkanes of at least 4 members (excludes halogenated alkanes) is 1. The monoisotopic (exact) mass is 557 g/mol. The number of hydrogen-bond acceptors (Lipinski definition) is 6. The summed E-state index contributed by atoms with van der Waals surface area (Å²) in [6.07, 6.45) is 11.7. The van der Waals surface area contributed by atoms with Crippen LogP contribution in [0.2, 0.25) is 0 Å². The van der Waals surface area contributed by atoms with Gasteiger partial charge in [0.1, 0.15) is 11.6 Å². The predicted octanol–water partition coefficient (Wildman–Crippen LogP) is 6.31. The summed E-state index contributed by atoms with van der Waals surface area (Å²) in [6.45, 7) is 5.17. The third-order valence-corrected chi connectivity index (χ3v) is 7.09. The lowest BCUT2D eigenvalue weighted by Crippen LogP contribution is -2.10. The molecule has 9 heteroatoms. The van der Waals surface area contributed by atoms with Crippen LogP contribution in [0, 0.1) is 0 Å². The van der Waals surface area contributed by atoms with E-state index >= 15 is 0 Å². The molecule has 1 aromatic carbocycles. The Labute approximate surface area is 217 Å². The molecule has 0 aliphatic rings. The zero-order chi connectivity index (χ0) is 25.2. The van der Waals surface area contributed by atoms with E-state index in [1.807, 2.05) is 16.8 Å². The van der Waals surface area contributed by atoms with Crippen molar-refractivity contribution in [3.05, 3.63) is 76.8 Å². The van der Waals surface area contributed by atoms with E-state index in [1.54, 1.807) is 36.8 Å². The number of benzene rings is 1. The minimum Gasteiger partial charge on any atom is -0.508 e. The van der Waals surface area contributed by atoms with Crippen LogP contribution in [-0.2, 0) is 17.3 Å². The van der Waals surface area contributed by atoms with E-state index < -0.39 is 10.8 Å². The third kappa shape index (κ3) is 7.60. The van der Waals surface area contributed by atoms with Crippen molar-refractivity contribution in [2.24, 2.45) is 0 Å². The smallest absolute Gasteiger partial charge is 0.171 e. The molecule has 3 heterocycles. The summed E-state index contributed by atoms with van der Waals surface area (Å²) in [6, 6.07) is 12.6. The molecule has 0 spiro atoms. The van der Waals surface area contributed by atoms with Crippen molar-refractivity contribution in [3.8, 4) is 5.75 Å².